The minimum Gasteiger partial charge on any atom is -0.207 e. The van der Waals surface area contributed by atoms with Crippen molar-refractivity contribution in [3.8, 4) is 0 Å². The van der Waals surface area contributed by atoms with Crippen LogP contribution in [0.4, 0.5) is 0 Å². The summed E-state index contributed by atoms with van der Waals surface area (Å²) in [6, 6.07) is 31.3. The third-order valence-corrected chi connectivity index (χ3v) is 10.8. The molecule has 4 aromatic carbocycles. The Morgan fingerprint density at radius 1 is 0.632 bits per heavy atom. The zero-order chi connectivity index (χ0) is 26.9. The van der Waals surface area contributed by atoms with Gasteiger partial charge in [0.15, 0.2) is 0 Å². The van der Waals surface area contributed by atoms with E-state index in [9.17, 15) is 16.8 Å². The van der Waals surface area contributed by atoms with E-state index in [4.69, 9.17) is 0 Å². The minimum atomic E-state index is -4.08. The quantitative estimate of drug-likeness (QED) is 0.315. The Morgan fingerprint density at radius 3 is 1.63 bits per heavy atom. The van der Waals surface area contributed by atoms with Crippen LogP contribution in [0, 0.1) is 13.8 Å². The van der Waals surface area contributed by atoms with E-state index in [-0.39, 0.29) is 22.8 Å². The topological polar surface area (TPSA) is 74.8 Å². The molecule has 6 nitrogen and oxygen atoms in total. The van der Waals surface area contributed by atoms with E-state index in [1.165, 1.54) is 8.61 Å². The lowest BCUT2D eigenvalue weighted by Gasteiger charge is -2.31. The largest absolute Gasteiger partial charge is 0.245 e. The van der Waals surface area contributed by atoms with Crippen molar-refractivity contribution in [1.29, 1.82) is 0 Å². The first kappa shape index (κ1) is 26.3. The Hall–Kier alpha value is -3.30. The van der Waals surface area contributed by atoms with Crippen LogP contribution >= 0.6 is 0 Å². The van der Waals surface area contributed by atoms with Gasteiger partial charge in [-0.05, 0) is 49.2 Å². The fraction of sp³-hybridized carbons (Fsp3) is 0.200. The van der Waals surface area contributed by atoms with Crippen LogP contribution < -0.4 is 0 Å². The highest BCUT2D eigenvalue weighted by Gasteiger charge is 2.51. The van der Waals surface area contributed by atoms with Crippen LogP contribution in [0.25, 0.3) is 0 Å². The second kappa shape index (κ2) is 10.5. The fourth-order valence-electron chi connectivity index (χ4n) is 4.92. The van der Waals surface area contributed by atoms with Crippen LogP contribution in [0.1, 0.15) is 28.3 Å². The summed E-state index contributed by atoms with van der Waals surface area (Å²) in [5, 5.41) is 0. The Kier molecular flexibility index (Phi) is 7.24. The van der Waals surface area contributed by atoms with E-state index in [0.717, 1.165) is 22.3 Å². The van der Waals surface area contributed by atoms with Crippen molar-refractivity contribution < 1.29 is 16.8 Å². The standard InChI is InChI=1S/C30H30N2O4S2/c1-23-13-17-27(18-14-23)37(33,34)31-22-29(26-11-7-4-8-12-26)32(30(31)21-25-9-5-3-6-10-25)38(35,36)28-19-15-24(2)16-20-28/h3-20,29-30H,21-22H2,1-2H3/t29-,30-/m1/s1. The molecule has 1 aliphatic rings. The predicted molar refractivity (Wildman–Crippen MR) is 148 cm³/mol. The molecule has 0 unspecified atom stereocenters. The highest BCUT2D eigenvalue weighted by molar-refractivity contribution is 7.90. The Labute approximate surface area is 225 Å². The zero-order valence-electron chi connectivity index (χ0n) is 21.3. The molecule has 1 fully saturated rings. The molecule has 1 aliphatic heterocycles. The van der Waals surface area contributed by atoms with E-state index in [1.54, 1.807) is 48.5 Å². The van der Waals surface area contributed by atoms with Crippen molar-refractivity contribution in [2.75, 3.05) is 6.54 Å². The van der Waals surface area contributed by atoms with Gasteiger partial charge in [-0.3, -0.25) is 0 Å². The molecule has 38 heavy (non-hydrogen) atoms. The highest BCUT2D eigenvalue weighted by atomic mass is 32.2. The van der Waals surface area contributed by atoms with Crippen molar-refractivity contribution in [2.24, 2.45) is 0 Å². The summed E-state index contributed by atoms with van der Waals surface area (Å²) in [5.41, 5.74) is 3.47. The Bertz CT molecular complexity index is 1610. The highest BCUT2D eigenvalue weighted by Crippen LogP contribution is 2.41. The Balaban J connectivity index is 1.70. The molecule has 0 saturated carbocycles. The summed E-state index contributed by atoms with van der Waals surface area (Å²) in [6.45, 7) is 3.79. The van der Waals surface area contributed by atoms with E-state index in [2.05, 4.69) is 0 Å². The number of aryl methyl sites for hydroxylation is 2. The van der Waals surface area contributed by atoms with E-state index >= 15 is 0 Å². The second-order valence-electron chi connectivity index (χ2n) is 9.63. The fourth-order valence-corrected chi connectivity index (χ4v) is 8.32. The molecule has 196 valence electrons. The molecule has 4 aromatic rings. The van der Waals surface area contributed by atoms with Crippen LogP contribution in [-0.4, -0.2) is 38.2 Å². The lowest BCUT2D eigenvalue weighted by Crippen LogP contribution is -2.46. The van der Waals surface area contributed by atoms with Crippen LogP contribution in [0.3, 0.4) is 0 Å². The van der Waals surface area contributed by atoms with E-state index in [0.29, 0.717) is 0 Å². The van der Waals surface area contributed by atoms with Gasteiger partial charge in [-0.2, -0.15) is 8.61 Å². The van der Waals surface area contributed by atoms with Gasteiger partial charge in [0.2, 0.25) is 20.0 Å². The molecule has 8 heteroatoms. The molecular weight excluding hydrogens is 516 g/mol. The number of nitrogens with zero attached hydrogens (tertiary/aromatic N) is 2. The van der Waals surface area contributed by atoms with Gasteiger partial charge in [-0.1, -0.05) is 96.1 Å². The number of sulfonamides is 2. The van der Waals surface area contributed by atoms with Gasteiger partial charge in [-0.25, -0.2) is 16.8 Å². The maximum Gasteiger partial charge on any atom is 0.245 e. The van der Waals surface area contributed by atoms with Gasteiger partial charge < -0.3 is 0 Å². The van der Waals surface area contributed by atoms with Crippen molar-refractivity contribution in [2.45, 2.75) is 42.3 Å². The molecule has 0 radical (unpaired) electrons. The van der Waals surface area contributed by atoms with E-state index < -0.39 is 32.3 Å². The van der Waals surface area contributed by atoms with Crippen LogP contribution in [0.2, 0.25) is 0 Å². The first-order chi connectivity index (χ1) is 18.2. The molecule has 0 bridgehead atoms. The molecule has 5 rings (SSSR count). The molecule has 0 aromatic heterocycles. The third kappa shape index (κ3) is 5.05. The number of rotatable bonds is 7. The number of benzene rings is 4. The van der Waals surface area contributed by atoms with Gasteiger partial charge in [0.1, 0.15) is 0 Å². The van der Waals surface area contributed by atoms with Gasteiger partial charge in [0, 0.05) is 13.0 Å². The SMILES string of the molecule is Cc1ccc(S(=O)(=O)N2C[C@H](c3ccccc3)N(S(=O)(=O)c3ccc(C)cc3)[C@@H]2Cc2ccccc2)cc1. The van der Waals surface area contributed by atoms with Crippen molar-refractivity contribution in [3.05, 3.63) is 131 Å². The minimum absolute atomic E-state index is 0.00279. The van der Waals surface area contributed by atoms with Gasteiger partial charge in [-0.15, -0.1) is 0 Å². The monoisotopic (exact) mass is 546 g/mol. The zero-order valence-corrected chi connectivity index (χ0v) is 22.9. The average molecular weight is 547 g/mol. The summed E-state index contributed by atoms with van der Waals surface area (Å²) >= 11 is 0. The average Bonchev–Trinajstić information content (AvgIpc) is 3.31. The molecule has 2 atom stereocenters. The predicted octanol–water partition coefficient (Wildman–Crippen LogP) is 5.31. The van der Waals surface area contributed by atoms with E-state index in [1.807, 2.05) is 74.5 Å². The number of hydrogen-bond acceptors (Lipinski definition) is 4. The summed E-state index contributed by atoms with van der Waals surface area (Å²) in [7, 11) is -8.10. The van der Waals surface area contributed by atoms with Crippen LogP contribution in [0.15, 0.2) is 119 Å². The maximum absolute atomic E-state index is 14.3. The summed E-state index contributed by atoms with van der Waals surface area (Å²) < 4.78 is 59.5. The van der Waals surface area contributed by atoms with Crippen molar-refractivity contribution in [3.63, 3.8) is 0 Å². The van der Waals surface area contributed by atoms with Gasteiger partial charge in [0.25, 0.3) is 0 Å². The molecule has 0 spiro atoms. The molecule has 0 amide bonds. The molecule has 1 saturated heterocycles. The van der Waals surface area contributed by atoms with Gasteiger partial charge >= 0.3 is 0 Å². The third-order valence-electron chi connectivity index (χ3n) is 6.96. The molecule has 0 aliphatic carbocycles. The summed E-state index contributed by atoms with van der Waals surface area (Å²) in [6.07, 6.45) is -0.749. The van der Waals surface area contributed by atoms with Crippen molar-refractivity contribution >= 4 is 20.0 Å². The maximum atomic E-state index is 14.3. The van der Waals surface area contributed by atoms with Crippen LogP contribution in [-0.2, 0) is 26.5 Å². The molecular formula is C30H30N2O4S2. The molecule has 0 N–H and O–H groups in total. The summed E-state index contributed by atoms with van der Waals surface area (Å²) in [5.74, 6) is 0. The van der Waals surface area contributed by atoms with Crippen LogP contribution in [0.5, 0.6) is 0 Å². The first-order valence-electron chi connectivity index (χ1n) is 12.5. The lowest BCUT2D eigenvalue weighted by atomic mass is 10.1. The molecule has 1 heterocycles. The second-order valence-corrected chi connectivity index (χ2v) is 13.4. The lowest BCUT2D eigenvalue weighted by molar-refractivity contribution is 0.265. The first-order valence-corrected chi connectivity index (χ1v) is 15.3. The summed E-state index contributed by atoms with van der Waals surface area (Å²) in [4.78, 5) is 0.277. The smallest absolute Gasteiger partial charge is 0.207 e. The van der Waals surface area contributed by atoms with Gasteiger partial charge in [0.05, 0.1) is 22.0 Å². The number of hydrogen-bond donors (Lipinski definition) is 0. The Morgan fingerprint density at radius 2 is 1.11 bits per heavy atom. The normalized spacial score (nSPS) is 19.0. The van der Waals surface area contributed by atoms with Crippen molar-refractivity contribution in [1.82, 2.24) is 8.61 Å².